The molecule has 1 aliphatic heterocycles. The molecular formula is C23H28N4O2. The highest BCUT2D eigenvalue weighted by Gasteiger charge is 2.33. The van der Waals surface area contributed by atoms with Crippen molar-refractivity contribution in [2.24, 2.45) is 5.73 Å². The van der Waals surface area contributed by atoms with Crippen LogP contribution in [0.2, 0.25) is 0 Å². The molecule has 0 spiro atoms. The third-order valence-electron chi connectivity index (χ3n) is 6.25. The van der Waals surface area contributed by atoms with Gasteiger partial charge in [-0.1, -0.05) is 61.5 Å². The van der Waals surface area contributed by atoms with Gasteiger partial charge in [0, 0.05) is 38.1 Å². The molecule has 2 aromatic carbocycles. The van der Waals surface area contributed by atoms with E-state index in [-0.39, 0.29) is 18.0 Å². The Bertz CT molecular complexity index is 877. The largest absolute Gasteiger partial charge is 0.368 e. The number of rotatable bonds is 4. The summed E-state index contributed by atoms with van der Waals surface area (Å²) in [5.74, 6) is -0.0413. The highest BCUT2D eigenvalue weighted by Crippen LogP contribution is 2.32. The quantitative estimate of drug-likeness (QED) is 0.838. The Morgan fingerprint density at radius 1 is 1.00 bits per heavy atom. The number of carbonyl (C=O) groups excluding carboxylic acids is 2. The summed E-state index contributed by atoms with van der Waals surface area (Å²) in [6.45, 7) is 4.58. The van der Waals surface area contributed by atoms with Gasteiger partial charge in [0.15, 0.2) is 0 Å². The number of benzene rings is 2. The fourth-order valence-electron chi connectivity index (χ4n) is 4.59. The molecule has 3 N–H and O–H groups in total. The number of hydrogen-bond acceptors (Lipinski definition) is 3. The van der Waals surface area contributed by atoms with Gasteiger partial charge >= 0.3 is 6.03 Å². The molecule has 6 nitrogen and oxygen atoms in total. The molecule has 2 aliphatic rings. The van der Waals surface area contributed by atoms with Gasteiger partial charge in [-0.2, -0.15) is 0 Å². The van der Waals surface area contributed by atoms with Gasteiger partial charge in [0.25, 0.3) is 0 Å². The molecule has 29 heavy (non-hydrogen) atoms. The zero-order valence-electron chi connectivity index (χ0n) is 16.8. The number of carbonyl (C=O) groups is 2. The number of fused-ring (bicyclic) bond motifs is 1. The summed E-state index contributed by atoms with van der Waals surface area (Å²) in [5.41, 5.74) is 9.24. The van der Waals surface area contributed by atoms with Gasteiger partial charge in [0.05, 0.1) is 0 Å². The summed E-state index contributed by atoms with van der Waals surface area (Å²) in [7, 11) is 0. The summed E-state index contributed by atoms with van der Waals surface area (Å²) in [4.78, 5) is 28.8. The molecule has 0 radical (unpaired) electrons. The fourth-order valence-corrected chi connectivity index (χ4v) is 4.59. The summed E-state index contributed by atoms with van der Waals surface area (Å²) in [6, 6.07) is 17.6. The van der Waals surface area contributed by atoms with Gasteiger partial charge in [-0.25, -0.2) is 4.79 Å². The average molecular weight is 393 g/mol. The molecule has 6 heteroatoms. The van der Waals surface area contributed by atoms with Crippen LogP contribution >= 0.6 is 0 Å². The van der Waals surface area contributed by atoms with Crippen molar-refractivity contribution < 1.29 is 9.59 Å². The van der Waals surface area contributed by atoms with Crippen LogP contribution in [-0.4, -0.2) is 54.0 Å². The van der Waals surface area contributed by atoms with Gasteiger partial charge < -0.3 is 16.0 Å². The van der Waals surface area contributed by atoms with Crippen molar-refractivity contribution in [3.05, 3.63) is 71.3 Å². The predicted octanol–water partition coefficient (Wildman–Crippen LogP) is 2.27. The van der Waals surface area contributed by atoms with E-state index in [1.54, 1.807) is 0 Å². The first-order chi connectivity index (χ1) is 14.0. The fraction of sp³-hybridized carbons (Fsp3) is 0.391. The molecule has 1 saturated heterocycles. The standard InChI is InChI=1S/C23H28N4O2/c1-16-19-10-6-5-9-18(19)15-20(16)25-23(29)27-13-11-26(12-14-27)21(22(24)28)17-7-3-2-4-8-17/h2-10,16,20-21H,11-15H2,1H3,(H2,24,28)(H,25,29)/t16-,20+,21?/m0/s1. The van der Waals surface area contributed by atoms with Crippen LogP contribution in [0.1, 0.15) is 35.6 Å². The zero-order valence-corrected chi connectivity index (χ0v) is 16.8. The molecular weight excluding hydrogens is 364 g/mol. The number of nitrogens with zero attached hydrogens (tertiary/aromatic N) is 2. The minimum Gasteiger partial charge on any atom is -0.368 e. The highest BCUT2D eigenvalue weighted by atomic mass is 16.2. The normalized spacial score (nSPS) is 22.7. The molecule has 1 heterocycles. The first kappa shape index (κ1) is 19.5. The topological polar surface area (TPSA) is 78.7 Å². The summed E-state index contributed by atoms with van der Waals surface area (Å²) in [5, 5.41) is 3.22. The lowest BCUT2D eigenvalue weighted by Crippen LogP contribution is -2.55. The van der Waals surface area contributed by atoms with E-state index in [9.17, 15) is 9.59 Å². The van der Waals surface area contributed by atoms with Gasteiger partial charge in [0.2, 0.25) is 5.91 Å². The summed E-state index contributed by atoms with van der Waals surface area (Å²) in [6.07, 6.45) is 0.876. The van der Waals surface area contributed by atoms with E-state index >= 15 is 0 Å². The van der Waals surface area contributed by atoms with Crippen molar-refractivity contribution in [3.63, 3.8) is 0 Å². The summed E-state index contributed by atoms with van der Waals surface area (Å²) >= 11 is 0. The second-order valence-corrected chi connectivity index (χ2v) is 7.99. The van der Waals surface area contributed by atoms with Crippen LogP contribution in [0.15, 0.2) is 54.6 Å². The number of urea groups is 1. The van der Waals surface area contributed by atoms with Crippen LogP contribution in [0, 0.1) is 0 Å². The third-order valence-corrected chi connectivity index (χ3v) is 6.25. The molecule has 4 rings (SSSR count). The van der Waals surface area contributed by atoms with Crippen molar-refractivity contribution in [2.75, 3.05) is 26.2 Å². The Kier molecular flexibility index (Phi) is 5.53. The van der Waals surface area contributed by atoms with Crippen LogP contribution in [0.5, 0.6) is 0 Å². The van der Waals surface area contributed by atoms with Crippen molar-refractivity contribution in [3.8, 4) is 0 Å². The van der Waals surface area contributed by atoms with Crippen molar-refractivity contribution in [1.29, 1.82) is 0 Å². The smallest absolute Gasteiger partial charge is 0.317 e. The molecule has 1 unspecified atom stereocenters. The van der Waals surface area contributed by atoms with E-state index in [0.29, 0.717) is 32.1 Å². The number of hydrogen-bond donors (Lipinski definition) is 2. The molecule has 0 aromatic heterocycles. The number of nitrogens with two attached hydrogens (primary N) is 1. The first-order valence-corrected chi connectivity index (χ1v) is 10.3. The number of amides is 3. The van der Waals surface area contributed by atoms with Crippen LogP contribution < -0.4 is 11.1 Å². The van der Waals surface area contributed by atoms with Gasteiger partial charge in [-0.15, -0.1) is 0 Å². The number of primary amides is 1. The lowest BCUT2D eigenvalue weighted by Gasteiger charge is -2.38. The lowest BCUT2D eigenvalue weighted by atomic mass is 10.0. The molecule has 0 bridgehead atoms. The summed E-state index contributed by atoms with van der Waals surface area (Å²) < 4.78 is 0. The first-order valence-electron chi connectivity index (χ1n) is 10.3. The van der Waals surface area contributed by atoms with E-state index in [1.165, 1.54) is 11.1 Å². The second kappa shape index (κ2) is 8.25. The average Bonchev–Trinajstić information content (AvgIpc) is 3.05. The third kappa shape index (κ3) is 3.98. The number of piperazine rings is 1. The SMILES string of the molecule is C[C@H]1c2ccccc2C[C@H]1NC(=O)N1CCN(C(C(N)=O)c2ccccc2)CC1. The van der Waals surface area contributed by atoms with Gasteiger partial charge in [0.1, 0.15) is 6.04 Å². The highest BCUT2D eigenvalue weighted by molar-refractivity contribution is 5.81. The monoisotopic (exact) mass is 392 g/mol. The molecule has 3 atom stereocenters. The number of nitrogens with one attached hydrogen (secondary N) is 1. The second-order valence-electron chi connectivity index (χ2n) is 7.99. The Morgan fingerprint density at radius 3 is 2.31 bits per heavy atom. The van der Waals surface area contributed by atoms with Crippen LogP contribution in [-0.2, 0) is 11.2 Å². The minimum atomic E-state index is -0.453. The zero-order chi connectivity index (χ0) is 20.4. The maximum atomic E-state index is 12.8. The van der Waals surface area contributed by atoms with E-state index in [2.05, 4.69) is 41.4 Å². The van der Waals surface area contributed by atoms with Gasteiger partial charge in [-0.3, -0.25) is 9.69 Å². The lowest BCUT2D eigenvalue weighted by molar-refractivity contribution is -0.124. The Balaban J connectivity index is 1.35. The molecule has 152 valence electrons. The predicted molar refractivity (Wildman–Crippen MR) is 112 cm³/mol. The maximum absolute atomic E-state index is 12.8. The van der Waals surface area contributed by atoms with E-state index in [0.717, 1.165) is 12.0 Å². The Hall–Kier alpha value is -2.86. The van der Waals surface area contributed by atoms with Gasteiger partial charge in [-0.05, 0) is 23.1 Å². The van der Waals surface area contributed by atoms with Crippen LogP contribution in [0.4, 0.5) is 4.79 Å². The van der Waals surface area contributed by atoms with Crippen molar-refractivity contribution >= 4 is 11.9 Å². The molecule has 1 aliphatic carbocycles. The molecule has 0 saturated carbocycles. The Labute approximate surface area is 171 Å². The van der Waals surface area contributed by atoms with Crippen LogP contribution in [0.25, 0.3) is 0 Å². The van der Waals surface area contributed by atoms with Crippen molar-refractivity contribution in [2.45, 2.75) is 31.3 Å². The van der Waals surface area contributed by atoms with Crippen LogP contribution in [0.3, 0.4) is 0 Å². The van der Waals surface area contributed by atoms with E-state index in [1.807, 2.05) is 35.2 Å². The molecule has 3 amide bonds. The molecule has 2 aromatic rings. The Morgan fingerprint density at radius 2 is 1.66 bits per heavy atom. The van der Waals surface area contributed by atoms with Crippen molar-refractivity contribution in [1.82, 2.24) is 15.1 Å². The van der Waals surface area contributed by atoms with E-state index < -0.39 is 6.04 Å². The molecule has 1 fully saturated rings. The maximum Gasteiger partial charge on any atom is 0.317 e. The minimum absolute atomic E-state index is 0.0235. The van der Waals surface area contributed by atoms with E-state index in [4.69, 9.17) is 5.73 Å².